The molecule has 21 heteroatoms. The number of hydrogen-bond acceptors (Lipinski definition) is 14. The van der Waals surface area contributed by atoms with E-state index < -0.39 is 105 Å². The maximum absolute atomic E-state index is 12.7. The highest BCUT2D eigenvalue weighted by Gasteiger charge is 2.28. The molecule has 46 heavy (non-hydrogen) atoms. The highest BCUT2D eigenvalue weighted by Crippen LogP contribution is 2.50. The van der Waals surface area contributed by atoms with Gasteiger partial charge in [0.25, 0.3) is 30.4 Å². The Balaban J connectivity index is 2.08. The van der Waals surface area contributed by atoms with Gasteiger partial charge in [0.05, 0.1) is 10.3 Å². The van der Waals surface area contributed by atoms with Gasteiger partial charge in [-0.2, -0.15) is 25.3 Å². The van der Waals surface area contributed by atoms with Crippen molar-refractivity contribution in [2.75, 3.05) is 6.26 Å². The molecule has 0 heterocycles. The maximum atomic E-state index is 12.7. The number of rotatable bonds is 8. The summed E-state index contributed by atoms with van der Waals surface area (Å²) < 4.78 is 126. The number of sulfone groups is 1. The summed E-state index contributed by atoms with van der Waals surface area (Å²) in [4.78, 5) is -3.39. The van der Waals surface area contributed by atoms with Crippen molar-refractivity contribution in [3.05, 3.63) is 59.7 Å². The molecule has 0 aliphatic heterocycles. The topological polar surface area (TPSA) is 287 Å². The van der Waals surface area contributed by atoms with Crippen molar-refractivity contribution < 1.29 is 57.5 Å². The van der Waals surface area contributed by atoms with Crippen LogP contribution in [0.5, 0.6) is 11.5 Å². The van der Waals surface area contributed by atoms with Gasteiger partial charge in [-0.05, 0) is 66.8 Å². The van der Waals surface area contributed by atoms with E-state index in [1.807, 2.05) is 0 Å². The smallest absolute Gasteiger partial charge is 0.296 e. The van der Waals surface area contributed by atoms with Gasteiger partial charge in [0.1, 0.15) is 37.4 Å². The van der Waals surface area contributed by atoms with E-state index in [1.165, 1.54) is 25.1 Å². The van der Waals surface area contributed by atoms with Crippen LogP contribution in [0.1, 0.15) is 11.1 Å². The number of nitrogens with zero attached hydrogens (tertiary/aromatic N) is 4. The maximum Gasteiger partial charge on any atom is 0.296 e. The molecule has 0 saturated heterocycles. The Kier molecular flexibility index (Phi) is 8.82. The standard InChI is InChI=1S/C25H22N4O13S4/c1-12-5-7-17(44(34,35)36)16(8-12)27-28-22-19(43(3,32)33)10-14-11-20(46(40,41)42)23(25(31)21(14)24(22)30)29-26-15-6-4-13(2)9-18(15)45(37,38)39/h4-11,30-31H,1-3H3,(H,34,35,36)(H,37,38,39)(H,40,41,42). The summed E-state index contributed by atoms with van der Waals surface area (Å²) in [5.74, 6) is -2.34. The van der Waals surface area contributed by atoms with Gasteiger partial charge >= 0.3 is 0 Å². The van der Waals surface area contributed by atoms with Crippen molar-refractivity contribution >= 4 is 73.7 Å². The monoisotopic (exact) mass is 714 g/mol. The van der Waals surface area contributed by atoms with Gasteiger partial charge in [-0.25, -0.2) is 8.42 Å². The Hall–Kier alpha value is -4.38. The molecule has 0 atom stereocenters. The number of aromatic hydroxyl groups is 2. The first-order valence-corrected chi connectivity index (χ1v) is 18.4. The Morgan fingerprint density at radius 2 is 0.978 bits per heavy atom. The fourth-order valence-electron chi connectivity index (χ4n) is 4.18. The predicted octanol–water partition coefficient (Wildman–Crippen LogP) is 4.84. The minimum absolute atomic E-state index is 0.376. The van der Waals surface area contributed by atoms with Crippen LogP contribution >= 0.6 is 0 Å². The first-order chi connectivity index (χ1) is 21.0. The first-order valence-electron chi connectivity index (χ1n) is 12.2. The molecule has 0 saturated carbocycles. The number of aryl methyl sites for hydroxylation is 2. The van der Waals surface area contributed by atoms with E-state index in [-0.39, 0.29) is 0 Å². The molecule has 4 rings (SSSR count). The molecule has 0 spiro atoms. The van der Waals surface area contributed by atoms with E-state index in [9.17, 15) is 57.5 Å². The molecule has 0 unspecified atom stereocenters. The summed E-state index contributed by atoms with van der Waals surface area (Å²) in [7, 11) is -19.3. The van der Waals surface area contributed by atoms with E-state index in [0.717, 1.165) is 24.3 Å². The molecule has 0 bridgehead atoms. The number of phenolic OH excluding ortho intramolecular Hbond substituents is 2. The molecule has 0 fully saturated rings. The summed E-state index contributed by atoms with van der Waals surface area (Å²) in [6.07, 6.45) is 0.684. The second-order valence-corrected chi connectivity index (χ2v) is 15.9. The molecule has 0 aliphatic rings. The van der Waals surface area contributed by atoms with Gasteiger partial charge < -0.3 is 10.2 Å². The Morgan fingerprint density at radius 1 is 0.522 bits per heavy atom. The van der Waals surface area contributed by atoms with Crippen molar-refractivity contribution in [3.63, 3.8) is 0 Å². The number of benzene rings is 4. The van der Waals surface area contributed by atoms with Crippen LogP contribution in [0.4, 0.5) is 22.7 Å². The summed E-state index contributed by atoms with van der Waals surface area (Å²) >= 11 is 0. The quantitative estimate of drug-likeness (QED) is 0.121. The predicted molar refractivity (Wildman–Crippen MR) is 161 cm³/mol. The van der Waals surface area contributed by atoms with Crippen LogP contribution in [0.25, 0.3) is 10.8 Å². The van der Waals surface area contributed by atoms with Crippen molar-refractivity contribution in [1.29, 1.82) is 0 Å². The van der Waals surface area contributed by atoms with E-state index in [0.29, 0.717) is 23.4 Å². The molecule has 0 amide bonds. The van der Waals surface area contributed by atoms with E-state index in [4.69, 9.17) is 0 Å². The molecule has 5 N–H and O–H groups in total. The third-order valence-electron chi connectivity index (χ3n) is 6.23. The summed E-state index contributed by atoms with van der Waals surface area (Å²) in [5.41, 5.74) is -2.07. The zero-order valence-electron chi connectivity index (χ0n) is 23.5. The van der Waals surface area contributed by atoms with Crippen molar-refractivity contribution in [2.45, 2.75) is 33.4 Å². The minimum Gasteiger partial charge on any atom is -0.505 e. The lowest BCUT2D eigenvalue weighted by atomic mass is 10.1. The minimum atomic E-state index is -5.27. The number of hydrogen-bond donors (Lipinski definition) is 5. The van der Waals surface area contributed by atoms with Gasteiger partial charge in [0.2, 0.25) is 0 Å². The summed E-state index contributed by atoms with van der Waals surface area (Å²) in [5, 5.41) is 35.7. The van der Waals surface area contributed by atoms with Crippen LogP contribution in [0.2, 0.25) is 0 Å². The van der Waals surface area contributed by atoms with Crippen LogP contribution in [-0.2, 0) is 40.2 Å². The lowest BCUT2D eigenvalue weighted by molar-refractivity contribution is 0.460. The van der Waals surface area contributed by atoms with Crippen LogP contribution in [0, 0.1) is 13.8 Å². The van der Waals surface area contributed by atoms with E-state index in [2.05, 4.69) is 20.5 Å². The average Bonchev–Trinajstić information content (AvgIpc) is 2.89. The fraction of sp³-hybridized carbons (Fsp3) is 0.120. The van der Waals surface area contributed by atoms with E-state index >= 15 is 0 Å². The Morgan fingerprint density at radius 3 is 1.50 bits per heavy atom. The van der Waals surface area contributed by atoms with Gasteiger partial charge in [-0.1, -0.05) is 12.1 Å². The Bertz CT molecular complexity index is 2460. The number of azo groups is 2. The molecule has 0 aliphatic carbocycles. The third kappa shape index (κ3) is 7.04. The Labute approximate surface area is 261 Å². The molecule has 4 aromatic carbocycles. The van der Waals surface area contributed by atoms with Crippen LogP contribution in [0.3, 0.4) is 0 Å². The number of phenols is 2. The van der Waals surface area contributed by atoms with E-state index in [1.54, 1.807) is 6.92 Å². The molecule has 4 aromatic rings. The highest BCUT2D eigenvalue weighted by molar-refractivity contribution is 7.91. The first kappa shape index (κ1) is 34.5. The highest BCUT2D eigenvalue weighted by atomic mass is 32.2. The molecule has 0 radical (unpaired) electrons. The average molecular weight is 715 g/mol. The van der Waals surface area contributed by atoms with Crippen LogP contribution in [0.15, 0.2) is 88.6 Å². The van der Waals surface area contributed by atoms with Crippen LogP contribution < -0.4 is 0 Å². The largest absolute Gasteiger partial charge is 0.505 e. The zero-order chi connectivity index (χ0) is 34.6. The second kappa shape index (κ2) is 11.8. The molecular weight excluding hydrogens is 693 g/mol. The normalized spacial score (nSPS) is 13.3. The molecule has 244 valence electrons. The summed E-state index contributed by atoms with van der Waals surface area (Å²) in [6, 6.07) is 8.37. The van der Waals surface area contributed by atoms with Crippen molar-refractivity contribution in [1.82, 2.24) is 0 Å². The lowest BCUT2D eigenvalue weighted by Gasteiger charge is -2.14. The SMILES string of the molecule is Cc1ccc(S(=O)(=O)O)c(N=Nc2c(S(C)(=O)=O)cc3cc(S(=O)(=O)O)c(N=Nc4ccc(C)cc4S(=O)(=O)O)c(O)c3c2O)c1. The lowest BCUT2D eigenvalue weighted by Crippen LogP contribution is -2.01. The molecule has 17 nitrogen and oxygen atoms in total. The number of fused-ring (bicyclic) bond motifs is 1. The van der Waals surface area contributed by atoms with Gasteiger partial charge in [0, 0.05) is 6.26 Å². The second-order valence-electron chi connectivity index (χ2n) is 9.78. The van der Waals surface area contributed by atoms with Crippen molar-refractivity contribution in [2.24, 2.45) is 20.5 Å². The van der Waals surface area contributed by atoms with Gasteiger partial charge in [0.15, 0.2) is 21.3 Å². The third-order valence-corrected chi connectivity index (χ3v) is 9.99. The fourth-order valence-corrected chi connectivity index (χ4v) is 6.98. The molecular formula is C25H22N4O13S4. The van der Waals surface area contributed by atoms with Crippen molar-refractivity contribution in [3.8, 4) is 11.5 Å². The summed E-state index contributed by atoms with van der Waals surface area (Å²) in [6.45, 7) is 3.03. The van der Waals surface area contributed by atoms with Crippen LogP contribution in [-0.4, -0.2) is 63.8 Å². The van der Waals surface area contributed by atoms with Gasteiger partial charge in [-0.15, -0.1) is 20.5 Å². The zero-order valence-corrected chi connectivity index (χ0v) is 26.8. The van der Waals surface area contributed by atoms with Gasteiger partial charge in [-0.3, -0.25) is 13.7 Å². The molecule has 0 aromatic heterocycles.